The van der Waals surface area contributed by atoms with Gasteiger partial charge in [-0.1, -0.05) is 126 Å². The van der Waals surface area contributed by atoms with Gasteiger partial charge in [0.2, 0.25) is 11.8 Å². The van der Waals surface area contributed by atoms with E-state index in [1.165, 1.54) is 0 Å². The number of amides is 8. The molecule has 0 bridgehead atoms. The van der Waals surface area contributed by atoms with Crippen LogP contribution in [0.5, 0.6) is 11.5 Å². The van der Waals surface area contributed by atoms with Crippen LogP contribution < -0.4 is 63.5 Å². The third kappa shape index (κ3) is 62.6. The zero-order chi connectivity index (χ0) is 109. The molecule has 9 atom stereocenters. The molecule has 0 aliphatic heterocycles. The van der Waals surface area contributed by atoms with Crippen LogP contribution in [0.2, 0.25) is 0 Å². The molecule has 4 aromatic rings. The molecule has 0 fully saturated rings. The molecule has 798 valence electrons. The quantitative estimate of drug-likeness (QED) is 0.0112. The number of nitrogens with one attached hydrogen (secondary N) is 8. The van der Waals surface area contributed by atoms with E-state index >= 15 is 0 Å². The van der Waals surface area contributed by atoms with Gasteiger partial charge >= 0.3 is 66.2 Å². The molecule has 143 heavy (non-hydrogen) atoms. The first-order valence-electron chi connectivity index (χ1n) is 48.3. The minimum atomic E-state index is -1.10. The molecule has 0 aromatic heterocycles. The summed E-state index contributed by atoms with van der Waals surface area (Å²) >= 11 is 0. The van der Waals surface area contributed by atoms with Crippen LogP contribution in [0.4, 0.5) is 9.59 Å². The van der Waals surface area contributed by atoms with Crippen molar-refractivity contribution in [3.63, 3.8) is 0 Å². The van der Waals surface area contributed by atoms with Gasteiger partial charge in [-0.25, -0.2) is 19.2 Å². The van der Waals surface area contributed by atoms with Crippen LogP contribution in [0, 0.1) is 16.7 Å². The Kier molecular flexibility index (Phi) is 55.3. The lowest BCUT2D eigenvalue weighted by atomic mass is 9.83. The number of unbranched alkanes of at least 4 members (excludes halogenated alkanes) is 2. The van der Waals surface area contributed by atoms with Crippen LogP contribution in [-0.4, -0.2) is 209 Å². The van der Waals surface area contributed by atoms with Crippen molar-refractivity contribution in [3.8, 4) is 11.5 Å². The van der Waals surface area contributed by atoms with E-state index in [0.29, 0.717) is 68.7 Å². The number of urea groups is 2. The number of benzene rings is 4. The summed E-state index contributed by atoms with van der Waals surface area (Å²) < 4.78 is 49.7. The van der Waals surface area contributed by atoms with Gasteiger partial charge in [0.1, 0.15) is 86.7 Å². The Balaban J connectivity index is 0.00000138. The fraction of sp³-hybridized carbons (Fsp3) is 0.623. The molecule has 0 heterocycles. The number of nitrogens with two attached hydrogens (primary N) is 2. The first-order chi connectivity index (χ1) is 65.9. The van der Waals surface area contributed by atoms with E-state index in [1.807, 2.05) is 102 Å². The van der Waals surface area contributed by atoms with Crippen LogP contribution in [0.15, 0.2) is 109 Å². The Morgan fingerprint density at radius 3 is 0.916 bits per heavy atom. The molecular weight excluding hydrogens is 1850 g/mol. The SMILES string of the molecule is CC(C)(C)OC(=O)CC[C@H](NC(=O)N[C@@H](CCCCNC(=O)[C@H](Cc1ccccc1)NC(=O)COc1ccc(C[C@H](CC(=O)[C@@H](N)CCC(=O)OC(C)(C)C)C(=O)OC(C)(C)C)cc1)C(C)(C)C)C(=O)OC(C)(C)C.CC(C)(C)OC(=O)CC[C@H](NC(=O)N[C@@H](CCCCNC(=O)[C@H](Cc1ccccc1)NC(=O)COc1ccc(C[C@H](N)C(=O)OC(C)(C)C)cc1)C(C)(C)C)C(=O)OC(C)(C)C.O=C=O.O=C=O. The minimum absolute atomic E-state index is 0.000480. The molecule has 4 rings (SSSR count). The van der Waals surface area contributed by atoms with Crippen molar-refractivity contribution in [2.75, 3.05) is 26.3 Å². The van der Waals surface area contributed by atoms with Gasteiger partial charge in [0.05, 0.1) is 12.0 Å². The Morgan fingerprint density at radius 2 is 0.601 bits per heavy atom. The van der Waals surface area contributed by atoms with Crippen LogP contribution in [0.3, 0.4) is 0 Å². The highest BCUT2D eigenvalue weighted by molar-refractivity contribution is 5.91. The van der Waals surface area contributed by atoms with Gasteiger partial charge in [0.15, 0.2) is 13.2 Å². The van der Waals surface area contributed by atoms with E-state index in [9.17, 15) is 67.1 Å². The number of ether oxygens (including phenoxy) is 9. The largest absolute Gasteiger partial charge is 0.484 e. The molecular formula is C106H162N10O27. The van der Waals surface area contributed by atoms with E-state index in [4.69, 9.17) is 73.3 Å². The molecule has 0 spiro atoms. The molecule has 37 nitrogen and oxygen atoms in total. The molecule has 0 saturated heterocycles. The maximum Gasteiger partial charge on any atom is 0.373 e. The molecule has 8 amide bonds. The Labute approximate surface area is 844 Å². The number of hydrogen-bond acceptors (Lipinski definition) is 29. The summed E-state index contributed by atoms with van der Waals surface area (Å²) in [6, 6.07) is 24.6. The predicted molar refractivity (Wildman–Crippen MR) is 534 cm³/mol. The number of Topliss-reactive ketones (excluding diaryl/α,β-unsaturated/α-hetero) is 1. The van der Waals surface area contributed by atoms with Crippen molar-refractivity contribution < 1.29 is 129 Å². The van der Waals surface area contributed by atoms with Gasteiger partial charge in [0.25, 0.3) is 11.8 Å². The van der Waals surface area contributed by atoms with E-state index < -0.39 is 154 Å². The van der Waals surface area contributed by atoms with Gasteiger partial charge in [0, 0.05) is 63.7 Å². The van der Waals surface area contributed by atoms with Crippen molar-refractivity contribution in [1.82, 2.24) is 42.5 Å². The second kappa shape index (κ2) is 61.5. The Morgan fingerprint density at radius 1 is 0.308 bits per heavy atom. The highest BCUT2D eigenvalue weighted by Crippen LogP contribution is 2.29. The van der Waals surface area contributed by atoms with Gasteiger partial charge in [-0.15, -0.1) is 0 Å². The van der Waals surface area contributed by atoms with Gasteiger partial charge in [-0.3, -0.25) is 47.9 Å². The molecule has 0 unspecified atom stereocenters. The second-order valence-corrected chi connectivity index (χ2v) is 43.9. The van der Waals surface area contributed by atoms with Gasteiger partial charge < -0.3 is 96.6 Å². The summed E-state index contributed by atoms with van der Waals surface area (Å²) in [4.78, 5) is 215. The fourth-order valence-electron chi connectivity index (χ4n) is 13.5. The zero-order valence-electron chi connectivity index (χ0n) is 89.1. The number of rotatable bonds is 48. The van der Waals surface area contributed by atoms with Crippen LogP contribution in [-0.2, 0) is 136 Å². The summed E-state index contributed by atoms with van der Waals surface area (Å²) in [6.45, 7) is 48.4. The maximum absolute atomic E-state index is 13.6. The lowest BCUT2D eigenvalue weighted by Gasteiger charge is -2.32. The predicted octanol–water partition coefficient (Wildman–Crippen LogP) is 12.2. The standard InChI is InChI=1S/C57H89N5O13.C47H73N5O10.2CO2/c1-53(2,3)45(62-52(70)61-42(51(69)75-57(13,14)15)29-31-48(66)73-55(7,8)9)23-19-20-32-59-49(67)43(34-37-21-17-16-18-22-37)60-46(64)36-71-40-26-24-38(25-27-40)33-39(50(68)74-56(10,11)12)35-44(63)41(58)28-30-47(65)72-54(4,5)6;1-44(2,3)37(52-43(58)51-35(42(57)62-47(10,11)12)25-26-39(54)60-45(4,5)6)20-16-17-27-49-40(55)36(29-31-18-14-13-15-19-31)50-38(53)30-59-33-23-21-32(22-24-33)28-34(48)41(56)61-46(7,8)9;2*2-1-3/h16-18,21-22,24-27,39,41-43,45H,19-20,23,28-36,58H2,1-15H3,(H,59,67)(H,60,64)(H2,61,62,70);13-15,18-19,21-24,34-37H,16-17,20,25-30,48H2,1-12H3,(H,49,55)(H,50,53)(H2,51,52,58);;/t39-,41+,42+,43+,45+;34-,35-,36-,37-;;/m10../s1. The monoisotopic (exact) mass is 2010 g/mol. The molecule has 4 aromatic carbocycles. The normalized spacial score (nSPS) is 13.6. The molecule has 0 radical (unpaired) electrons. The number of carbonyl (C=O) groups is 14. The summed E-state index contributed by atoms with van der Waals surface area (Å²) in [6.07, 6.45) is 4.53. The second-order valence-electron chi connectivity index (χ2n) is 43.9. The molecule has 12 N–H and O–H groups in total. The van der Waals surface area contributed by atoms with Crippen molar-refractivity contribution in [2.45, 2.75) is 384 Å². The lowest BCUT2D eigenvalue weighted by Crippen LogP contribution is -2.53. The van der Waals surface area contributed by atoms with Gasteiger partial charge in [-0.2, -0.15) is 19.2 Å². The highest BCUT2D eigenvalue weighted by Gasteiger charge is 2.37. The first kappa shape index (κ1) is 129. The smallest absolute Gasteiger partial charge is 0.373 e. The lowest BCUT2D eigenvalue weighted by molar-refractivity contribution is -0.193. The number of hydrogen-bond donors (Lipinski definition) is 10. The molecule has 0 aliphatic rings. The summed E-state index contributed by atoms with van der Waals surface area (Å²) in [5, 5.41) is 22.9. The van der Waals surface area contributed by atoms with Crippen molar-refractivity contribution in [1.29, 1.82) is 0 Å². The van der Waals surface area contributed by atoms with Crippen molar-refractivity contribution in [2.24, 2.45) is 28.2 Å². The van der Waals surface area contributed by atoms with Crippen LogP contribution in [0.25, 0.3) is 0 Å². The molecule has 0 saturated carbocycles. The summed E-state index contributed by atoms with van der Waals surface area (Å²) in [5.74, 6) is -6.04. The van der Waals surface area contributed by atoms with E-state index in [2.05, 4.69) is 42.5 Å². The number of esters is 7. The molecule has 37 heteroatoms. The van der Waals surface area contributed by atoms with E-state index in [0.717, 1.165) is 16.7 Å². The Bertz CT molecular complexity index is 4710. The zero-order valence-corrected chi connectivity index (χ0v) is 89.1. The van der Waals surface area contributed by atoms with Crippen molar-refractivity contribution >= 4 is 95.6 Å². The average molecular weight is 2010 g/mol. The number of carbonyl (C=O) groups excluding carboxylic acids is 18. The molecule has 0 aliphatic carbocycles. The Hall–Kier alpha value is -12.5. The summed E-state index contributed by atoms with van der Waals surface area (Å²) in [5.41, 5.74) is 9.51. The van der Waals surface area contributed by atoms with Crippen molar-refractivity contribution in [3.05, 3.63) is 131 Å². The first-order valence-corrected chi connectivity index (χ1v) is 48.3. The van der Waals surface area contributed by atoms with Crippen LogP contribution in [0.1, 0.15) is 293 Å². The average Bonchev–Trinajstić information content (AvgIpc) is 0.836. The third-order valence-electron chi connectivity index (χ3n) is 20.0. The van der Waals surface area contributed by atoms with E-state index in [-0.39, 0.29) is 130 Å². The van der Waals surface area contributed by atoms with Crippen LogP contribution >= 0.6 is 0 Å². The van der Waals surface area contributed by atoms with E-state index in [1.54, 1.807) is 194 Å². The highest BCUT2D eigenvalue weighted by atomic mass is 16.6. The minimum Gasteiger partial charge on any atom is -0.484 e. The topological polar surface area (TPSA) is 539 Å². The number of ketones is 1. The fourth-order valence-corrected chi connectivity index (χ4v) is 13.5. The van der Waals surface area contributed by atoms with Gasteiger partial charge in [-0.05, 0) is 273 Å². The summed E-state index contributed by atoms with van der Waals surface area (Å²) in [7, 11) is 0. The maximum atomic E-state index is 13.6. The third-order valence-corrected chi connectivity index (χ3v) is 20.0.